The Morgan fingerprint density at radius 1 is 1.09 bits per heavy atom. The molecule has 0 saturated heterocycles. The lowest BCUT2D eigenvalue weighted by atomic mass is 9.86. The van der Waals surface area contributed by atoms with E-state index in [1.165, 1.54) is 24.3 Å². The Balaban J connectivity index is 1.40. The molecule has 0 radical (unpaired) electrons. The molecule has 1 atom stereocenters. The zero-order valence-electron chi connectivity index (χ0n) is 24.4. The number of carbonyl (C=O) groups is 1. The van der Waals surface area contributed by atoms with Gasteiger partial charge in [-0.15, -0.1) is 0 Å². The van der Waals surface area contributed by atoms with Crippen LogP contribution in [0, 0.1) is 26.2 Å². The number of benzene rings is 3. The second-order valence-electron chi connectivity index (χ2n) is 10.9. The number of amides is 1. The van der Waals surface area contributed by atoms with E-state index in [-0.39, 0.29) is 29.8 Å². The van der Waals surface area contributed by atoms with Crippen molar-refractivity contribution in [1.82, 2.24) is 0 Å². The third kappa shape index (κ3) is 7.40. The summed E-state index contributed by atoms with van der Waals surface area (Å²) in [5, 5.41) is 22.7. The number of hydrogen-bond acceptors (Lipinski definition) is 5. The average Bonchev–Trinajstić information content (AvgIpc) is 2.94. The number of carbonyl (C=O) groups excluding carboxylic acids is 1. The Kier molecular flexibility index (Phi) is 8.93. The molecule has 0 bridgehead atoms. The van der Waals surface area contributed by atoms with Crippen LogP contribution in [0.25, 0.3) is 6.08 Å². The number of hydrogen-bond donors (Lipinski definition) is 5. The van der Waals surface area contributed by atoms with E-state index in [0.29, 0.717) is 36.3 Å². The Bertz CT molecular complexity index is 1570. The molecule has 1 aliphatic rings. The van der Waals surface area contributed by atoms with Gasteiger partial charge in [-0.25, -0.2) is 0 Å². The number of guanidine groups is 1. The molecule has 1 heterocycles. The summed E-state index contributed by atoms with van der Waals surface area (Å²) in [7, 11) is 0. The van der Waals surface area contributed by atoms with Gasteiger partial charge >= 0.3 is 6.18 Å². The molecule has 8 nitrogen and oxygen atoms in total. The average molecular weight is 597 g/mol. The number of rotatable bonds is 8. The van der Waals surface area contributed by atoms with Crippen LogP contribution in [-0.4, -0.2) is 29.2 Å². The molecule has 1 unspecified atom stereocenters. The van der Waals surface area contributed by atoms with Crippen LogP contribution < -0.4 is 25.8 Å². The van der Waals surface area contributed by atoms with Gasteiger partial charge in [-0.2, -0.15) is 13.2 Å². The van der Waals surface area contributed by atoms with E-state index >= 15 is 0 Å². The number of aromatic hydroxyl groups is 1. The highest BCUT2D eigenvalue weighted by atomic mass is 19.4. The SMILES string of the molecule is Cc1c(C)c2c(c(C)c1O)CCC(C)(CCOc1ccc(NC(=O)C=Cc3ccc(NC(=N)N)cc3)cc1C(F)(F)F)O2. The summed E-state index contributed by atoms with van der Waals surface area (Å²) >= 11 is 0. The molecule has 3 aromatic carbocycles. The largest absolute Gasteiger partial charge is 0.507 e. The van der Waals surface area contributed by atoms with E-state index in [1.807, 2.05) is 27.7 Å². The smallest absolute Gasteiger partial charge is 0.420 e. The van der Waals surface area contributed by atoms with Crippen molar-refractivity contribution >= 4 is 29.3 Å². The van der Waals surface area contributed by atoms with Gasteiger partial charge in [0.05, 0.1) is 12.2 Å². The molecule has 3 aromatic rings. The van der Waals surface area contributed by atoms with E-state index in [0.717, 1.165) is 28.3 Å². The fourth-order valence-electron chi connectivity index (χ4n) is 4.99. The molecule has 1 amide bonds. The maximum Gasteiger partial charge on any atom is 0.420 e. The molecule has 11 heteroatoms. The fourth-order valence-corrected chi connectivity index (χ4v) is 4.99. The predicted molar refractivity (Wildman–Crippen MR) is 161 cm³/mol. The van der Waals surface area contributed by atoms with Crippen molar-refractivity contribution in [3.05, 3.63) is 81.9 Å². The second kappa shape index (κ2) is 12.3. The van der Waals surface area contributed by atoms with E-state index in [2.05, 4.69) is 10.6 Å². The summed E-state index contributed by atoms with van der Waals surface area (Å²) in [5.74, 6) is -0.179. The molecule has 43 heavy (non-hydrogen) atoms. The zero-order chi connectivity index (χ0) is 31.5. The van der Waals surface area contributed by atoms with E-state index in [4.69, 9.17) is 20.6 Å². The predicted octanol–water partition coefficient (Wildman–Crippen LogP) is 6.85. The summed E-state index contributed by atoms with van der Waals surface area (Å²) in [6.45, 7) is 7.45. The van der Waals surface area contributed by atoms with Crippen LogP contribution in [0.2, 0.25) is 0 Å². The second-order valence-corrected chi connectivity index (χ2v) is 10.9. The molecule has 1 aliphatic heterocycles. The summed E-state index contributed by atoms with van der Waals surface area (Å²) < 4.78 is 53.8. The van der Waals surface area contributed by atoms with Gasteiger partial charge < -0.3 is 30.9 Å². The van der Waals surface area contributed by atoms with Gasteiger partial charge in [0.15, 0.2) is 5.96 Å². The molecule has 4 rings (SSSR count). The number of phenols is 1. The number of halogens is 3. The van der Waals surface area contributed by atoms with Crippen LogP contribution in [0.4, 0.5) is 24.5 Å². The number of fused-ring (bicyclic) bond motifs is 1. The van der Waals surface area contributed by atoms with E-state index < -0.39 is 23.2 Å². The van der Waals surface area contributed by atoms with Crippen LogP contribution >= 0.6 is 0 Å². The quantitative estimate of drug-likeness (QED) is 0.110. The maximum atomic E-state index is 13.9. The number of phenolic OH excluding ortho intramolecular Hbond substituents is 1. The lowest BCUT2D eigenvalue weighted by Gasteiger charge is -2.38. The third-order valence-corrected chi connectivity index (χ3v) is 7.65. The highest BCUT2D eigenvalue weighted by Gasteiger charge is 2.37. The lowest BCUT2D eigenvalue weighted by Crippen LogP contribution is -2.38. The molecular formula is C32H35F3N4O4. The summed E-state index contributed by atoms with van der Waals surface area (Å²) in [4.78, 5) is 12.4. The summed E-state index contributed by atoms with van der Waals surface area (Å²) in [6.07, 6.45) is -0.354. The standard InChI is InChI=1S/C32H35F3N4O4/c1-18-19(2)29-24(20(3)28(18)41)13-14-31(4,43-29)15-16-42-26-11-10-23(17-25(26)32(33,34)35)38-27(40)12-7-21-5-8-22(9-6-21)39-30(36)37/h5-12,17,41H,13-16H2,1-4H3,(H,38,40)(H4,36,37,39). The first-order valence-electron chi connectivity index (χ1n) is 13.7. The molecule has 0 spiro atoms. The van der Waals surface area contributed by atoms with Crippen LogP contribution in [-0.2, 0) is 17.4 Å². The first kappa shape index (κ1) is 31.3. The minimum Gasteiger partial charge on any atom is -0.507 e. The van der Waals surface area contributed by atoms with E-state index in [9.17, 15) is 23.1 Å². The van der Waals surface area contributed by atoms with Crippen molar-refractivity contribution in [2.24, 2.45) is 5.73 Å². The van der Waals surface area contributed by atoms with Crippen LogP contribution in [0.1, 0.15) is 53.1 Å². The number of alkyl halides is 3. The zero-order valence-corrected chi connectivity index (χ0v) is 24.4. The van der Waals surface area contributed by atoms with Crippen LogP contribution in [0.5, 0.6) is 17.2 Å². The highest BCUT2D eigenvalue weighted by Crippen LogP contribution is 2.44. The molecule has 228 valence electrons. The topological polar surface area (TPSA) is 130 Å². The fraction of sp³-hybridized carbons (Fsp3) is 0.312. The molecule has 0 fully saturated rings. The molecule has 0 aliphatic carbocycles. The van der Waals surface area contributed by atoms with E-state index in [1.54, 1.807) is 24.3 Å². The lowest BCUT2D eigenvalue weighted by molar-refractivity contribution is -0.139. The first-order chi connectivity index (χ1) is 20.2. The molecular weight excluding hydrogens is 561 g/mol. The number of nitrogens with one attached hydrogen (secondary N) is 3. The Morgan fingerprint density at radius 3 is 2.42 bits per heavy atom. The van der Waals surface area contributed by atoms with Gasteiger partial charge in [-0.3, -0.25) is 10.2 Å². The van der Waals surface area contributed by atoms with Gasteiger partial charge in [0.1, 0.15) is 22.8 Å². The Labute approximate surface area is 248 Å². The molecule has 6 N–H and O–H groups in total. The van der Waals surface area contributed by atoms with Gasteiger partial charge in [-0.1, -0.05) is 12.1 Å². The van der Waals surface area contributed by atoms with Crippen molar-refractivity contribution in [2.45, 2.75) is 58.7 Å². The normalized spacial score (nSPS) is 16.3. The minimum atomic E-state index is -4.71. The first-order valence-corrected chi connectivity index (χ1v) is 13.7. The number of ether oxygens (including phenoxy) is 2. The Hall–Kier alpha value is -4.67. The maximum absolute atomic E-state index is 13.9. The minimum absolute atomic E-state index is 0.0147. The van der Waals surface area contributed by atoms with Crippen molar-refractivity contribution in [3.63, 3.8) is 0 Å². The van der Waals surface area contributed by atoms with Gasteiger partial charge in [0.25, 0.3) is 0 Å². The highest BCUT2D eigenvalue weighted by molar-refractivity contribution is 6.02. The summed E-state index contributed by atoms with van der Waals surface area (Å²) in [6, 6.07) is 10.1. The van der Waals surface area contributed by atoms with Crippen LogP contribution in [0.3, 0.4) is 0 Å². The molecule has 0 saturated carbocycles. The molecule has 0 aromatic heterocycles. The van der Waals surface area contributed by atoms with Crippen molar-refractivity contribution in [2.75, 3.05) is 17.2 Å². The monoisotopic (exact) mass is 596 g/mol. The summed E-state index contributed by atoms with van der Waals surface area (Å²) in [5.41, 5.74) is 8.19. The third-order valence-electron chi connectivity index (χ3n) is 7.65. The number of nitrogens with two attached hydrogens (primary N) is 1. The van der Waals surface area contributed by atoms with Crippen LogP contribution in [0.15, 0.2) is 48.5 Å². The van der Waals surface area contributed by atoms with Gasteiger partial charge in [0, 0.05) is 29.4 Å². The van der Waals surface area contributed by atoms with Crippen molar-refractivity contribution in [3.8, 4) is 17.2 Å². The van der Waals surface area contributed by atoms with Crippen molar-refractivity contribution in [1.29, 1.82) is 5.41 Å². The number of anilines is 2. The van der Waals surface area contributed by atoms with Gasteiger partial charge in [0.2, 0.25) is 5.91 Å². The van der Waals surface area contributed by atoms with Gasteiger partial charge in [-0.05, 0) is 99.2 Å². The Morgan fingerprint density at radius 2 is 1.77 bits per heavy atom. The van der Waals surface area contributed by atoms with Crippen molar-refractivity contribution < 1.29 is 32.5 Å².